The van der Waals surface area contributed by atoms with Crippen molar-refractivity contribution in [2.24, 2.45) is 17.8 Å². The molecule has 0 aromatic heterocycles. The van der Waals surface area contributed by atoms with Crippen LogP contribution in [0.1, 0.15) is 37.8 Å². The number of nitrogens with one attached hydrogen (secondary N) is 3. The monoisotopic (exact) mass is 547 g/mol. The summed E-state index contributed by atoms with van der Waals surface area (Å²) in [5, 5.41) is 3.90. The van der Waals surface area contributed by atoms with Crippen LogP contribution in [0.25, 0.3) is 6.08 Å². The molecule has 2 aliphatic rings. The van der Waals surface area contributed by atoms with Crippen LogP contribution in [0.5, 0.6) is 0 Å². The van der Waals surface area contributed by atoms with Gasteiger partial charge in [0, 0.05) is 19.6 Å². The van der Waals surface area contributed by atoms with Crippen LogP contribution in [-0.2, 0) is 25.8 Å². The van der Waals surface area contributed by atoms with E-state index in [-0.39, 0.29) is 18.9 Å². The van der Waals surface area contributed by atoms with E-state index in [0.717, 1.165) is 16.1 Å². The van der Waals surface area contributed by atoms with E-state index in [9.17, 15) is 19.2 Å². The molecule has 0 saturated carbocycles. The molecule has 1 unspecified atom stereocenters. The molecule has 0 bridgehead atoms. The summed E-state index contributed by atoms with van der Waals surface area (Å²) in [7, 11) is 0. The minimum absolute atomic E-state index is 0.0647. The van der Waals surface area contributed by atoms with Crippen LogP contribution in [0.15, 0.2) is 66.7 Å². The Balaban J connectivity index is 1.51. The fraction of sp³-hybridized carbons (Fsp3) is 0.400. The standard InChI is InChI=1S/C30H37N5O5/c1-21(2)18-25(27(36)32-35-29(38)26-19-31-16-17-34(26)30(35)39)24(15-9-14-22-10-5-3-6-11-22)28(37)33-40-20-23-12-7-4-8-13-23/h3-14,21,24-26,31H,15-20H2,1-2H3,(H,32,36)(H,33,37)/b14-9+/t24-,25+,26?/m0/s1. The van der Waals surface area contributed by atoms with Gasteiger partial charge in [0.25, 0.3) is 5.91 Å². The van der Waals surface area contributed by atoms with Gasteiger partial charge in [-0.3, -0.25) is 24.6 Å². The average Bonchev–Trinajstić information content (AvgIpc) is 3.20. The number of rotatable bonds is 12. The van der Waals surface area contributed by atoms with Gasteiger partial charge >= 0.3 is 6.03 Å². The van der Waals surface area contributed by atoms with Gasteiger partial charge in [-0.2, -0.15) is 5.01 Å². The molecule has 5 amide bonds. The third-order valence-electron chi connectivity index (χ3n) is 7.05. The van der Waals surface area contributed by atoms with Crippen molar-refractivity contribution in [3.8, 4) is 0 Å². The highest BCUT2D eigenvalue weighted by atomic mass is 16.6. The first-order valence-corrected chi connectivity index (χ1v) is 13.7. The number of hydrazine groups is 1. The second-order valence-corrected chi connectivity index (χ2v) is 10.5. The largest absolute Gasteiger partial charge is 0.346 e. The van der Waals surface area contributed by atoms with E-state index in [4.69, 9.17) is 4.84 Å². The normalized spacial score (nSPS) is 18.6. The zero-order valence-electron chi connectivity index (χ0n) is 22.9. The summed E-state index contributed by atoms with van der Waals surface area (Å²) in [4.78, 5) is 59.9. The number of hydrogen-bond acceptors (Lipinski definition) is 6. The van der Waals surface area contributed by atoms with Gasteiger partial charge in [-0.15, -0.1) is 0 Å². The Morgan fingerprint density at radius 2 is 1.73 bits per heavy atom. The SMILES string of the molecule is CC(C)C[C@@H](C(=O)NN1C(=O)C2CNCCN2C1=O)[C@H](C/C=C/c1ccccc1)C(=O)NOCc1ccccc1. The molecule has 3 N–H and O–H groups in total. The molecular weight excluding hydrogens is 510 g/mol. The summed E-state index contributed by atoms with van der Waals surface area (Å²) in [5.41, 5.74) is 6.92. The van der Waals surface area contributed by atoms with E-state index in [0.29, 0.717) is 26.1 Å². The second-order valence-electron chi connectivity index (χ2n) is 10.5. The summed E-state index contributed by atoms with van der Waals surface area (Å²) >= 11 is 0. The number of urea groups is 1. The molecule has 0 radical (unpaired) electrons. The molecule has 40 heavy (non-hydrogen) atoms. The predicted molar refractivity (Wildman–Crippen MR) is 150 cm³/mol. The molecule has 10 nitrogen and oxygen atoms in total. The molecule has 0 spiro atoms. The molecule has 3 atom stereocenters. The van der Waals surface area contributed by atoms with Crippen LogP contribution in [-0.4, -0.2) is 59.3 Å². The average molecular weight is 548 g/mol. The summed E-state index contributed by atoms with van der Waals surface area (Å²) in [6, 6.07) is 17.9. The Morgan fingerprint density at radius 3 is 2.40 bits per heavy atom. The highest BCUT2D eigenvalue weighted by Gasteiger charge is 2.48. The van der Waals surface area contributed by atoms with E-state index in [1.165, 1.54) is 4.90 Å². The number of nitrogens with zero attached hydrogens (tertiary/aromatic N) is 2. The van der Waals surface area contributed by atoms with Gasteiger partial charge in [0.1, 0.15) is 6.04 Å². The number of benzene rings is 2. The van der Waals surface area contributed by atoms with E-state index in [1.54, 1.807) is 0 Å². The lowest BCUT2D eigenvalue weighted by Gasteiger charge is -2.28. The number of fused-ring (bicyclic) bond motifs is 1. The molecule has 2 heterocycles. The molecule has 2 aromatic rings. The van der Waals surface area contributed by atoms with Crippen molar-refractivity contribution in [1.29, 1.82) is 0 Å². The Labute approximate surface area is 234 Å². The molecule has 2 aromatic carbocycles. The molecule has 212 valence electrons. The summed E-state index contributed by atoms with van der Waals surface area (Å²) in [6.45, 7) is 5.37. The number of imide groups is 1. The lowest BCUT2D eigenvalue weighted by atomic mass is 9.82. The Kier molecular flexibility index (Phi) is 10.0. The minimum atomic E-state index is -0.822. The fourth-order valence-corrected chi connectivity index (χ4v) is 4.99. The molecule has 0 aliphatic carbocycles. The van der Waals surface area contributed by atoms with E-state index in [2.05, 4.69) is 16.2 Å². The minimum Gasteiger partial charge on any atom is -0.312 e. The van der Waals surface area contributed by atoms with Gasteiger partial charge in [-0.25, -0.2) is 10.3 Å². The van der Waals surface area contributed by atoms with Crippen LogP contribution in [0.3, 0.4) is 0 Å². The maximum atomic E-state index is 13.7. The molecule has 2 saturated heterocycles. The van der Waals surface area contributed by atoms with Gasteiger partial charge in [0.15, 0.2) is 0 Å². The first kappa shape index (κ1) is 29.0. The topological polar surface area (TPSA) is 120 Å². The van der Waals surface area contributed by atoms with Crippen molar-refractivity contribution in [2.75, 3.05) is 19.6 Å². The van der Waals surface area contributed by atoms with Crippen LogP contribution < -0.4 is 16.2 Å². The molecular formula is C30H37N5O5. The maximum Gasteiger partial charge on any atom is 0.346 e. The van der Waals surface area contributed by atoms with Crippen LogP contribution >= 0.6 is 0 Å². The quantitative estimate of drug-likeness (QED) is 0.278. The van der Waals surface area contributed by atoms with E-state index < -0.39 is 41.6 Å². The third-order valence-corrected chi connectivity index (χ3v) is 7.05. The highest BCUT2D eigenvalue weighted by molar-refractivity contribution is 6.06. The fourth-order valence-electron chi connectivity index (χ4n) is 4.99. The van der Waals surface area contributed by atoms with E-state index in [1.807, 2.05) is 86.7 Å². The van der Waals surface area contributed by atoms with E-state index >= 15 is 0 Å². The number of piperazine rings is 1. The molecule has 10 heteroatoms. The summed E-state index contributed by atoms with van der Waals surface area (Å²) in [6.07, 6.45) is 4.37. The number of carbonyl (C=O) groups is 4. The first-order valence-electron chi connectivity index (χ1n) is 13.7. The smallest absolute Gasteiger partial charge is 0.312 e. The molecule has 2 fully saturated rings. The maximum absolute atomic E-state index is 13.7. The van der Waals surface area contributed by atoms with Crippen molar-refractivity contribution >= 4 is 29.8 Å². The number of carbonyl (C=O) groups excluding carboxylic acids is 4. The summed E-state index contributed by atoms with van der Waals surface area (Å²) in [5.74, 6) is -3.05. The lowest BCUT2D eigenvalue weighted by Crippen LogP contribution is -2.51. The number of hydroxylamine groups is 1. The van der Waals surface area contributed by atoms with Crippen molar-refractivity contribution in [3.63, 3.8) is 0 Å². The first-order chi connectivity index (χ1) is 19.3. The van der Waals surface area contributed by atoms with Gasteiger partial charge in [0.05, 0.1) is 18.4 Å². The number of amides is 5. The van der Waals surface area contributed by atoms with Crippen LogP contribution in [0.4, 0.5) is 4.79 Å². The highest BCUT2D eigenvalue weighted by Crippen LogP contribution is 2.27. The van der Waals surface area contributed by atoms with Gasteiger partial charge in [-0.05, 0) is 29.9 Å². The zero-order valence-corrected chi connectivity index (χ0v) is 22.9. The molecule has 2 aliphatic heterocycles. The van der Waals surface area contributed by atoms with Crippen molar-refractivity contribution in [2.45, 2.75) is 39.3 Å². The van der Waals surface area contributed by atoms with Crippen molar-refractivity contribution < 1.29 is 24.0 Å². The zero-order chi connectivity index (χ0) is 28.5. The Hall–Kier alpha value is -4.02. The second kappa shape index (κ2) is 13.9. The summed E-state index contributed by atoms with van der Waals surface area (Å²) < 4.78 is 0. The van der Waals surface area contributed by atoms with Gasteiger partial charge < -0.3 is 10.2 Å². The van der Waals surface area contributed by atoms with Crippen molar-refractivity contribution in [1.82, 2.24) is 26.1 Å². The van der Waals surface area contributed by atoms with Crippen LogP contribution in [0.2, 0.25) is 0 Å². The molecule has 4 rings (SSSR count). The number of hydrogen-bond donors (Lipinski definition) is 3. The number of allylic oxidation sites excluding steroid dienone is 1. The lowest BCUT2D eigenvalue weighted by molar-refractivity contribution is -0.147. The van der Waals surface area contributed by atoms with Crippen molar-refractivity contribution in [3.05, 3.63) is 77.9 Å². The Bertz CT molecular complexity index is 1180. The van der Waals surface area contributed by atoms with Crippen LogP contribution in [0, 0.1) is 17.8 Å². The Morgan fingerprint density at radius 1 is 1.02 bits per heavy atom. The predicted octanol–water partition coefficient (Wildman–Crippen LogP) is 2.88. The van der Waals surface area contributed by atoms with Gasteiger partial charge in [-0.1, -0.05) is 86.7 Å². The van der Waals surface area contributed by atoms with Gasteiger partial charge in [0.2, 0.25) is 11.8 Å². The third kappa shape index (κ3) is 7.34.